The second-order valence-corrected chi connectivity index (χ2v) is 4.40. The van der Waals surface area contributed by atoms with Crippen molar-refractivity contribution in [1.29, 1.82) is 0 Å². The number of aromatic amines is 1. The summed E-state index contributed by atoms with van der Waals surface area (Å²) in [6.07, 6.45) is 1.69. The molecule has 0 aliphatic heterocycles. The van der Waals surface area contributed by atoms with Gasteiger partial charge in [0.1, 0.15) is 0 Å². The summed E-state index contributed by atoms with van der Waals surface area (Å²) < 4.78 is 26.5. The number of halogens is 2. The summed E-state index contributed by atoms with van der Waals surface area (Å²) in [5.41, 5.74) is 2.01. The average molecular weight is 275 g/mol. The first kappa shape index (κ1) is 12.4. The van der Waals surface area contributed by atoms with Gasteiger partial charge in [0.25, 0.3) is 0 Å². The number of H-pyrrole nitrogens is 1. The molecule has 6 heteroatoms. The van der Waals surface area contributed by atoms with Crippen LogP contribution in [-0.2, 0) is 6.54 Å². The van der Waals surface area contributed by atoms with Crippen molar-refractivity contribution in [2.75, 3.05) is 5.32 Å². The molecule has 2 aromatic carbocycles. The predicted molar refractivity (Wildman–Crippen MR) is 71.4 cm³/mol. The SMILES string of the molecule is Oc1c(F)cc(CNc2cccc3cn[nH]c23)cc1F. The molecule has 3 aromatic rings. The van der Waals surface area contributed by atoms with Crippen LogP contribution in [-0.4, -0.2) is 15.3 Å². The average Bonchev–Trinajstić information content (AvgIpc) is 2.91. The van der Waals surface area contributed by atoms with Crippen molar-refractivity contribution in [3.05, 3.63) is 53.7 Å². The highest BCUT2D eigenvalue weighted by Gasteiger charge is 2.10. The second kappa shape index (κ2) is 4.80. The van der Waals surface area contributed by atoms with Crippen LogP contribution in [0.1, 0.15) is 5.56 Å². The van der Waals surface area contributed by atoms with Crippen molar-refractivity contribution < 1.29 is 13.9 Å². The number of phenols is 1. The number of nitrogens with zero attached hydrogens (tertiary/aromatic N) is 1. The maximum Gasteiger partial charge on any atom is 0.187 e. The van der Waals surface area contributed by atoms with Gasteiger partial charge in [-0.05, 0) is 23.8 Å². The van der Waals surface area contributed by atoms with E-state index >= 15 is 0 Å². The quantitative estimate of drug-likeness (QED) is 0.688. The van der Waals surface area contributed by atoms with E-state index in [1.54, 1.807) is 6.20 Å². The molecule has 0 unspecified atom stereocenters. The number of rotatable bonds is 3. The van der Waals surface area contributed by atoms with Gasteiger partial charge >= 0.3 is 0 Å². The number of benzene rings is 2. The molecule has 3 rings (SSSR count). The lowest BCUT2D eigenvalue weighted by Gasteiger charge is -2.08. The number of hydrogen-bond donors (Lipinski definition) is 3. The van der Waals surface area contributed by atoms with Gasteiger partial charge in [-0.15, -0.1) is 0 Å². The Morgan fingerprint density at radius 3 is 2.70 bits per heavy atom. The Labute approximate surface area is 113 Å². The summed E-state index contributed by atoms with van der Waals surface area (Å²) in [7, 11) is 0. The van der Waals surface area contributed by atoms with Gasteiger partial charge in [0.05, 0.1) is 17.4 Å². The lowest BCUT2D eigenvalue weighted by atomic mass is 10.2. The molecule has 3 N–H and O–H groups in total. The predicted octanol–water partition coefficient (Wildman–Crippen LogP) is 3.16. The lowest BCUT2D eigenvalue weighted by Crippen LogP contribution is -2.01. The zero-order valence-electron chi connectivity index (χ0n) is 10.3. The maximum atomic E-state index is 13.2. The first-order chi connectivity index (χ1) is 9.65. The molecule has 1 heterocycles. The number of para-hydroxylation sites is 1. The van der Waals surface area contributed by atoms with Crippen molar-refractivity contribution in [1.82, 2.24) is 10.2 Å². The zero-order chi connectivity index (χ0) is 14.1. The van der Waals surface area contributed by atoms with Crippen LogP contribution in [0.15, 0.2) is 36.5 Å². The minimum Gasteiger partial charge on any atom is -0.503 e. The second-order valence-electron chi connectivity index (χ2n) is 4.40. The Morgan fingerprint density at radius 2 is 1.95 bits per heavy atom. The Kier molecular flexibility index (Phi) is 2.98. The van der Waals surface area contributed by atoms with E-state index in [1.165, 1.54) is 0 Å². The first-order valence-corrected chi connectivity index (χ1v) is 5.98. The summed E-state index contributed by atoms with van der Waals surface area (Å²) >= 11 is 0. The van der Waals surface area contributed by atoms with Crippen molar-refractivity contribution >= 4 is 16.6 Å². The number of aromatic nitrogens is 2. The van der Waals surface area contributed by atoms with E-state index in [2.05, 4.69) is 15.5 Å². The number of fused-ring (bicyclic) bond motifs is 1. The largest absolute Gasteiger partial charge is 0.503 e. The maximum absolute atomic E-state index is 13.2. The van der Waals surface area contributed by atoms with Crippen LogP contribution in [0.25, 0.3) is 10.9 Å². The molecule has 0 spiro atoms. The topological polar surface area (TPSA) is 60.9 Å². The zero-order valence-corrected chi connectivity index (χ0v) is 10.3. The van der Waals surface area contributed by atoms with Crippen LogP contribution >= 0.6 is 0 Å². The molecule has 20 heavy (non-hydrogen) atoms. The third kappa shape index (κ3) is 2.16. The Hall–Kier alpha value is -2.63. The summed E-state index contributed by atoms with van der Waals surface area (Å²) in [5.74, 6) is -2.90. The third-order valence-corrected chi connectivity index (χ3v) is 3.04. The molecule has 0 radical (unpaired) electrons. The minimum atomic E-state index is -0.971. The van der Waals surface area contributed by atoms with Crippen molar-refractivity contribution in [3.63, 3.8) is 0 Å². The summed E-state index contributed by atoms with van der Waals surface area (Å²) in [5, 5.41) is 19.9. The highest BCUT2D eigenvalue weighted by molar-refractivity contribution is 5.89. The van der Waals surface area contributed by atoms with Gasteiger partial charge in [0.2, 0.25) is 0 Å². The molecule has 102 valence electrons. The van der Waals surface area contributed by atoms with Crippen LogP contribution in [0.5, 0.6) is 5.75 Å². The van der Waals surface area contributed by atoms with Gasteiger partial charge in [0, 0.05) is 11.9 Å². The number of hydrogen-bond acceptors (Lipinski definition) is 3. The van der Waals surface area contributed by atoms with E-state index in [0.717, 1.165) is 28.7 Å². The molecule has 0 fully saturated rings. The van der Waals surface area contributed by atoms with E-state index in [4.69, 9.17) is 5.11 Å². The van der Waals surface area contributed by atoms with Gasteiger partial charge in [-0.2, -0.15) is 5.10 Å². The summed E-state index contributed by atoms with van der Waals surface area (Å²) in [6, 6.07) is 7.80. The van der Waals surface area contributed by atoms with Crippen molar-refractivity contribution in [3.8, 4) is 5.75 Å². The van der Waals surface area contributed by atoms with Gasteiger partial charge in [-0.25, -0.2) is 8.78 Å². The molecular formula is C14H11F2N3O. The standard InChI is InChI=1S/C14H11F2N3O/c15-10-4-8(5-11(16)14(10)20)6-17-12-3-1-2-9-7-18-19-13(9)12/h1-5,7,17,20H,6H2,(H,18,19). The normalized spacial score (nSPS) is 10.9. The van der Waals surface area contributed by atoms with Gasteiger partial charge in [-0.1, -0.05) is 12.1 Å². The van der Waals surface area contributed by atoms with E-state index in [0.29, 0.717) is 5.56 Å². The number of phenolic OH excluding ortho intramolecular Hbond substituents is 1. The molecule has 4 nitrogen and oxygen atoms in total. The molecule has 0 bridgehead atoms. The van der Waals surface area contributed by atoms with Crippen molar-refractivity contribution in [2.24, 2.45) is 0 Å². The molecule has 0 saturated heterocycles. The Balaban J connectivity index is 1.85. The summed E-state index contributed by atoms with van der Waals surface area (Å²) in [4.78, 5) is 0. The fourth-order valence-electron chi connectivity index (χ4n) is 2.03. The summed E-state index contributed by atoms with van der Waals surface area (Å²) in [6.45, 7) is 0.228. The molecular weight excluding hydrogens is 264 g/mol. The first-order valence-electron chi connectivity index (χ1n) is 5.98. The molecule has 0 atom stereocenters. The monoisotopic (exact) mass is 275 g/mol. The third-order valence-electron chi connectivity index (χ3n) is 3.04. The van der Waals surface area contributed by atoms with Gasteiger partial charge in [-0.3, -0.25) is 5.10 Å². The number of nitrogens with one attached hydrogen (secondary N) is 2. The van der Waals surface area contributed by atoms with E-state index in [1.807, 2.05) is 18.2 Å². The van der Waals surface area contributed by atoms with E-state index < -0.39 is 17.4 Å². The van der Waals surface area contributed by atoms with Crippen LogP contribution in [0.4, 0.5) is 14.5 Å². The van der Waals surface area contributed by atoms with Crippen molar-refractivity contribution in [2.45, 2.75) is 6.54 Å². The Bertz CT molecular complexity index is 747. The van der Waals surface area contributed by atoms with Gasteiger partial charge < -0.3 is 10.4 Å². The number of anilines is 1. The molecule has 0 saturated carbocycles. The minimum absolute atomic E-state index is 0.228. The van der Waals surface area contributed by atoms with Gasteiger partial charge in [0.15, 0.2) is 17.4 Å². The van der Waals surface area contributed by atoms with Crippen LogP contribution < -0.4 is 5.32 Å². The highest BCUT2D eigenvalue weighted by atomic mass is 19.1. The lowest BCUT2D eigenvalue weighted by molar-refractivity contribution is 0.395. The van der Waals surface area contributed by atoms with E-state index in [9.17, 15) is 8.78 Å². The van der Waals surface area contributed by atoms with E-state index in [-0.39, 0.29) is 6.54 Å². The smallest absolute Gasteiger partial charge is 0.187 e. The number of aromatic hydroxyl groups is 1. The highest BCUT2D eigenvalue weighted by Crippen LogP contribution is 2.24. The van der Waals surface area contributed by atoms with Crippen LogP contribution in [0.2, 0.25) is 0 Å². The fourth-order valence-corrected chi connectivity index (χ4v) is 2.03. The Morgan fingerprint density at radius 1 is 1.20 bits per heavy atom. The molecule has 0 amide bonds. The fraction of sp³-hybridized carbons (Fsp3) is 0.0714. The molecule has 1 aromatic heterocycles. The van der Waals surface area contributed by atoms with Crippen LogP contribution in [0.3, 0.4) is 0 Å². The van der Waals surface area contributed by atoms with Crippen LogP contribution in [0, 0.1) is 11.6 Å². The molecule has 0 aliphatic carbocycles. The molecule has 0 aliphatic rings.